The number of para-hydroxylation sites is 1. The number of carbonyl (C=O) groups is 1. The second kappa shape index (κ2) is 8.47. The summed E-state index contributed by atoms with van der Waals surface area (Å²) in [6.45, 7) is 0.237. The van der Waals surface area contributed by atoms with E-state index in [1.54, 1.807) is 12.3 Å². The summed E-state index contributed by atoms with van der Waals surface area (Å²) in [6.07, 6.45) is -2.38. The average molecular weight is 425 g/mol. The molecule has 0 aliphatic carbocycles. The summed E-state index contributed by atoms with van der Waals surface area (Å²) in [5.74, 6) is 0.708. The van der Waals surface area contributed by atoms with E-state index in [1.807, 2.05) is 41.0 Å². The zero-order valence-electron chi connectivity index (χ0n) is 16.2. The molecule has 2 amide bonds. The lowest BCUT2D eigenvalue weighted by atomic mass is 10.2. The summed E-state index contributed by atoms with van der Waals surface area (Å²) in [4.78, 5) is 21.2. The van der Waals surface area contributed by atoms with Crippen LogP contribution in [0.2, 0.25) is 0 Å². The van der Waals surface area contributed by atoms with E-state index < -0.39 is 17.8 Å². The Morgan fingerprint density at radius 1 is 1.00 bits per heavy atom. The molecule has 2 N–H and O–H groups in total. The summed E-state index contributed by atoms with van der Waals surface area (Å²) in [5.41, 5.74) is 1.57. The van der Waals surface area contributed by atoms with E-state index in [1.165, 1.54) is 12.1 Å². The number of hydrogen-bond acceptors (Lipinski definition) is 3. The molecule has 6 nitrogen and oxygen atoms in total. The molecule has 0 saturated carbocycles. The molecule has 31 heavy (non-hydrogen) atoms. The number of halogens is 3. The number of hydrogen-bond donors (Lipinski definition) is 2. The molecule has 2 aromatic heterocycles. The van der Waals surface area contributed by atoms with Gasteiger partial charge in [0, 0.05) is 30.5 Å². The third kappa shape index (κ3) is 4.66. The van der Waals surface area contributed by atoms with Gasteiger partial charge in [0.05, 0.1) is 5.56 Å². The second-order valence-corrected chi connectivity index (χ2v) is 6.75. The van der Waals surface area contributed by atoms with Gasteiger partial charge < -0.3 is 10.6 Å². The number of anilines is 1. The molecule has 4 aromatic rings. The molecule has 0 aliphatic rings. The number of fused-ring (bicyclic) bond motifs is 1. The maximum atomic E-state index is 12.8. The van der Waals surface area contributed by atoms with Crippen LogP contribution in [0.25, 0.3) is 16.9 Å². The van der Waals surface area contributed by atoms with Gasteiger partial charge in [-0.15, -0.1) is 0 Å². The van der Waals surface area contributed by atoms with Gasteiger partial charge in [-0.25, -0.2) is 14.8 Å². The van der Waals surface area contributed by atoms with Gasteiger partial charge in [0.15, 0.2) is 5.65 Å². The first kappa shape index (κ1) is 20.4. The van der Waals surface area contributed by atoms with Crippen LogP contribution in [0, 0.1) is 0 Å². The molecule has 158 valence electrons. The normalized spacial score (nSPS) is 11.5. The van der Waals surface area contributed by atoms with Crippen LogP contribution in [0.15, 0.2) is 72.9 Å². The number of aromatic nitrogens is 3. The predicted octanol–water partition coefficient (Wildman–Crippen LogP) is 4.80. The number of rotatable bonds is 5. The minimum absolute atomic E-state index is 0.0630. The van der Waals surface area contributed by atoms with Crippen molar-refractivity contribution in [3.8, 4) is 5.69 Å². The number of urea groups is 1. The van der Waals surface area contributed by atoms with Gasteiger partial charge in [-0.1, -0.05) is 24.3 Å². The minimum atomic E-state index is -4.47. The molecular formula is C22H18F3N5O. The van der Waals surface area contributed by atoms with Gasteiger partial charge in [-0.05, 0) is 42.5 Å². The number of alkyl halides is 3. The monoisotopic (exact) mass is 425 g/mol. The minimum Gasteiger partial charge on any atom is -0.337 e. The first-order chi connectivity index (χ1) is 14.9. The lowest BCUT2D eigenvalue weighted by Crippen LogP contribution is -2.31. The van der Waals surface area contributed by atoms with Crippen molar-refractivity contribution in [3.05, 3.63) is 84.3 Å². The summed E-state index contributed by atoms with van der Waals surface area (Å²) < 4.78 is 40.4. The quantitative estimate of drug-likeness (QED) is 0.482. The first-order valence-electron chi connectivity index (χ1n) is 9.52. The van der Waals surface area contributed by atoms with Crippen LogP contribution in [-0.4, -0.2) is 27.1 Å². The van der Waals surface area contributed by atoms with E-state index >= 15 is 0 Å². The molecule has 0 spiro atoms. The number of nitrogens with zero attached hydrogens (tertiary/aromatic N) is 3. The van der Waals surface area contributed by atoms with Crippen LogP contribution in [-0.2, 0) is 12.6 Å². The Hall–Kier alpha value is -3.88. The maximum absolute atomic E-state index is 12.8. The topological polar surface area (TPSA) is 71.8 Å². The maximum Gasteiger partial charge on any atom is 0.416 e. The zero-order chi connectivity index (χ0) is 21.8. The van der Waals surface area contributed by atoms with Crippen LogP contribution in [0.3, 0.4) is 0 Å². The highest BCUT2D eigenvalue weighted by Crippen LogP contribution is 2.30. The summed E-state index contributed by atoms with van der Waals surface area (Å²) in [6, 6.07) is 17.2. The number of pyridine rings is 1. The SMILES string of the molecule is O=C(NCCc1nc2cccnc2n1-c1ccccc1)Nc1cccc(C(F)(F)F)c1. The Labute approximate surface area is 175 Å². The van der Waals surface area contributed by atoms with Crippen molar-refractivity contribution in [3.63, 3.8) is 0 Å². The van der Waals surface area contributed by atoms with Crippen LogP contribution in [0.1, 0.15) is 11.4 Å². The molecule has 0 atom stereocenters. The Morgan fingerprint density at radius 3 is 2.58 bits per heavy atom. The molecular weight excluding hydrogens is 407 g/mol. The van der Waals surface area contributed by atoms with Crippen LogP contribution in [0.4, 0.5) is 23.7 Å². The van der Waals surface area contributed by atoms with Crippen molar-refractivity contribution in [2.75, 3.05) is 11.9 Å². The van der Waals surface area contributed by atoms with Crippen molar-refractivity contribution in [1.29, 1.82) is 0 Å². The Bertz CT molecular complexity index is 1200. The molecule has 4 rings (SSSR count). The standard InChI is InChI=1S/C22H18F3N5O/c23-22(24,25)15-6-4-7-16(14-15)28-21(31)27-13-11-19-29-18-10-5-12-26-20(18)30(19)17-8-2-1-3-9-17/h1-10,12,14H,11,13H2,(H2,27,28,31). The van der Waals surface area contributed by atoms with Gasteiger partial charge in [0.25, 0.3) is 0 Å². The number of amides is 2. The number of benzene rings is 2. The van der Waals surface area contributed by atoms with Gasteiger partial charge in [0.2, 0.25) is 0 Å². The summed E-state index contributed by atoms with van der Waals surface area (Å²) in [7, 11) is 0. The van der Waals surface area contributed by atoms with E-state index in [9.17, 15) is 18.0 Å². The number of imidazole rings is 1. The first-order valence-corrected chi connectivity index (χ1v) is 9.52. The van der Waals surface area contributed by atoms with E-state index in [0.717, 1.165) is 23.3 Å². The number of carbonyl (C=O) groups excluding carboxylic acids is 1. The van der Waals surface area contributed by atoms with Crippen molar-refractivity contribution in [1.82, 2.24) is 19.9 Å². The highest BCUT2D eigenvalue weighted by atomic mass is 19.4. The molecule has 0 fully saturated rings. The van der Waals surface area contributed by atoms with E-state index in [2.05, 4.69) is 20.6 Å². The molecule has 2 aromatic carbocycles. The Kier molecular flexibility index (Phi) is 5.57. The summed E-state index contributed by atoms with van der Waals surface area (Å²) in [5, 5.41) is 5.08. The fraction of sp³-hybridized carbons (Fsp3) is 0.136. The third-order valence-corrected chi connectivity index (χ3v) is 4.58. The second-order valence-electron chi connectivity index (χ2n) is 6.75. The third-order valence-electron chi connectivity index (χ3n) is 4.58. The van der Waals surface area contributed by atoms with Crippen LogP contribution >= 0.6 is 0 Å². The molecule has 2 heterocycles. The fourth-order valence-electron chi connectivity index (χ4n) is 3.21. The smallest absolute Gasteiger partial charge is 0.337 e. The van der Waals surface area contributed by atoms with Gasteiger partial charge >= 0.3 is 12.2 Å². The Morgan fingerprint density at radius 2 is 1.81 bits per heavy atom. The molecule has 0 bridgehead atoms. The number of nitrogens with one attached hydrogen (secondary N) is 2. The van der Waals surface area contributed by atoms with Gasteiger partial charge in [-0.3, -0.25) is 4.57 Å². The van der Waals surface area contributed by atoms with Crippen molar-refractivity contribution >= 4 is 22.9 Å². The van der Waals surface area contributed by atoms with E-state index in [0.29, 0.717) is 17.9 Å². The lowest BCUT2D eigenvalue weighted by molar-refractivity contribution is -0.137. The molecule has 0 radical (unpaired) electrons. The van der Waals surface area contributed by atoms with E-state index in [4.69, 9.17) is 0 Å². The molecule has 0 unspecified atom stereocenters. The average Bonchev–Trinajstić information content (AvgIpc) is 3.12. The lowest BCUT2D eigenvalue weighted by Gasteiger charge is -2.11. The largest absolute Gasteiger partial charge is 0.416 e. The molecule has 0 saturated heterocycles. The molecule has 9 heteroatoms. The van der Waals surface area contributed by atoms with E-state index in [-0.39, 0.29) is 12.2 Å². The predicted molar refractivity (Wildman–Crippen MR) is 111 cm³/mol. The van der Waals surface area contributed by atoms with Gasteiger partial charge in [-0.2, -0.15) is 13.2 Å². The summed E-state index contributed by atoms with van der Waals surface area (Å²) >= 11 is 0. The van der Waals surface area contributed by atoms with Crippen LogP contribution < -0.4 is 10.6 Å². The van der Waals surface area contributed by atoms with Crippen LogP contribution in [0.5, 0.6) is 0 Å². The van der Waals surface area contributed by atoms with Crippen molar-refractivity contribution in [2.24, 2.45) is 0 Å². The fourth-order valence-corrected chi connectivity index (χ4v) is 3.21. The highest BCUT2D eigenvalue weighted by Gasteiger charge is 2.30. The van der Waals surface area contributed by atoms with Crippen molar-refractivity contribution < 1.29 is 18.0 Å². The Balaban J connectivity index is 1.45. The van der Waals surface area contributed by atoms with Gasteiger partial charge in [0.1, 0.15) is 11.3 Å². The zero-order valence-corrected chi connectivity index (χ0v) is 16.2. The highest BCUT2D eigenvalue weighted by molar-refractivity contribution is 5.89. The van der Waals surface area contributed by atoms with Crippen molar-refractivity contribution in [2.45, 2.75) is 12.6 Å². The molecule has 0 aliphatic heterocycles.